The number of hydrogen-bond acceptors (Lipinski definition) is 2. The summed E-state index contributed by atoms with van der Waals surface area (Å²) >= 11 is 0. The molecule has 1 N–H and O–H groups in total. The molecule has 0 amide bonds. The first-order valence-corrected chi connectivity index (χ1v) is 8.34. The Morgan fingerprint density at radius 3 is 2.43 bits per heavy atom. The maximum absolute atomic E-state index is 14.2. The molecule has 0 radical (unpaired) electrons. The fourth-order valence-corrected chi connectivity index (χ4v) is 3.01. The second-order valence-electron chi connectivity index (χ2n) is 6.61. The van der Waals surface area contributed by atoms with Gasteiger partial charge < -0.3 is 10.2 Å². The van der Waals surface area contributed by atoms with E-state index in [2.05, 4.69) is 19.2 Å². The number of rotatable bonds is 5. The Morgan fingerprint density at radius 2 is 1.86 bits per heavy atom. The maximum Gasteiger partial charge on any atom is 0.148 e. The highest BCUT2D eigenvalue weighted by atomic mass is 19.1. The Morgan fingerprint density at radius 1 is 1.19 bits per heavy atom. The predicted molar refractivity (Wildman–Crippen MR) is 89.6 cm³/mol. The lowest BCUT2D eigenvalue weighted by Gasteiger charge is -2.24. The van der Waals surface area contributed by atoms with Crippen LogP contribution in [0.4, 0.5) is 15.8 Å². The van der Waals surface area contributed by atoms with E-state index in [4.69, 9.17) is 0 Å². The highest BCUT2D eigenvalue weighted by molar-refractivity contribution is 5.56. The molecule has 1 aliphatic rings. The normalized spacial score (nSPS) is 16.8. The number of benzene rings is 1. The molecule has 1 aliphatic carbocycles. The third kappa shape index (κ3) is 4.62. The van der Waals surface area contributed by atoms with Crippen LogP contribution in [0.1, 0.15) is 52.4 Å². The zero-order chi connectivity index (χ0) is 15.2. The molecule has 2 rings (SSSR count). The smallest absolute Gasteiger partial charge is 0.148 e. The van der Waals surface area contributed by atoms with Crippen LogP contribution in [0.3, 0.4) is 0 Å². The molecule has 2 nitrogen and oxygen atoms in total. The summed E-state index contributed by atoms with van der Waals surface area (Å²) in [6.45, 7) is 5.11. The van der Waals surface area contributed by atoms with Crippen LogP contribution in [0.2, 0.25) is 0 Å². The van der Waals surface area contributed by atoms with Gasteiger partial charge in [-0.25, -0.2) is 4.39 Å². The first-order chi connectivity index (χ1) is 10.1. The van der Waals surface area contributed by atoms with E-state index >= 15 is 0 Å². The highest BCUT2D eigenvalue weighted by Crippen LogP contribution is 2.26. The molecule has 1 saturated carbocycles. The van der Waals surface area contributed by atoms with Crippen molar-refractivity contribution in [2.24, 2.45) is 5.92 Å². The van der Waals surface area contributed by atoms with Crippen molar-refractivity contribution < 1.29 is 4.39 Å². The van der Waals surface area contributed by atoms with Gasteiger partial charge in [-0.2, -0.15) is 0 Å². The fraction of sp³-hybridized carbons (Fsp3) is 0.667. The minimum Gasteiger partial charge on any atom is -0.385 e. The van der Waals surface area contributed by atoms with Gasteiger partial charge in [0.25, 0.3) is 0 Å². The number of nitrogens with one attached hydrogen (secondary N) is 1. The Bertz CT molecular complexity index is 437. The molecule has 118 valence electrons. The summed E-state index contributed by atoms with van der Waals surface area (Å²) in [7, 11) is 1.93. The van der Waals surface area contributed by atoms with Gasteiger partial charge in [0.05, 0.1) is 5.69 Å². The molecular formula is C18H29FN2. The van der Waals surface area contributed by atoms with Gasteiger partial charge in [0.15, 0.2) is 0 Å². The molecule has 0 aliphatic heterocycles. The van der Waals surface area contributed by atoms with Crippen LogP contribution in [-0.4, -0.2) is 19.6 Å². The summed E-state index contributed by atoms with van der Waals surface area (Å²) in [4.78, 5) is 1.96. The van der Waals surface area contributed by atoms with Gasteiger partial charge in [-0.1, -0.05) is 25.7 Å². The average Bonchev–Trinajstić information content (AvgIpc) is 2.73. The molecule has 1 aromatic rings. The quantitative estimate of drug-likeness (QED) is 0.764. The van der Waals surface area contributed by atoms with Crippen LogP contribution in [0.5, 0.6) is 0 Å². The number of anilines is 2. The Balaban J connectivity index is 1.93. The van der Waals surface area contributed by atoms with E-state index in [0.29, 0.717) is 11.7 Å². The number of halogens is 1. The minimum absolute atomic E-state index is 0.142. The van der Waals surface area contributed by atoms with E-state index in [9.17, 15) is 4.39 Å². The lowest BCUT2D eigenvalue weighted by atomic mass is 10.0. The molecule has 3 heteroatoms. The number of nitrogens with zero attached hydrogens (tertiary/aromatic N) is 1. The first kappa shape index (κ1) is 16.1. The molecule has 0 bridgehead atoms. The summed E-state index contributed by atoms with van der Waals surface area (Å²) in [6, 6.07) is 5.80. The van der Waals surface area contributed by atoms with Gasteiger partial charge in [-0.3, -0.25) is 0 Å². The van der Waals surface area contributed by atoms with Crippen molar-refractivity contribution >= 4 is 11.4 Å². The second-order valence-corrected chi connectivity index (χ2v) is 6.61. The zero-order valence-electron chi connectivity index (χ0n) is 13.7. The van der Waals surface area contributed by atoms with E-state index < -0.39 is 0 Å². The van der Waals surface area contributed by atoms with Crippen molar-refractivity contribution in [3.63, 3.8) is 0 Å². The van der Waals surface area contributed by atoms with Crippen molar-refractivity contribution in [2.45, 2.75) is 58.4 Å². The third-order valence-electron chi connectivity index (χ3n) is 4.67. The molecule has 0 unspecified atom stereocenters. The fourth-order valence-electron chi connectivity index (χ4n) is 3.01. The van der Waals surface area contributed by atoms with Crippen molar-refractivity contribution in [3.05, 3.63) is 24.0 Å². The predicted octanol–water partition coefficient (Wildman–Crippen LogP) is 5.05. The van der Waals surface area contributed by atoms with Crippen molar-refractivity contribution in [3.8, 4) is 0 Å². The van der Waals surface area contributed by atoms with Gasteiger partial charge in [0.1, 0.15) is 5.82 Å². The Hall–Kier alpha value is -1.25. The van der Waals surface area contributed by atoms with E-state index in [1.54, 1.807) is 6.07 Å². The Labute approximate surface area is 128 Å². The molecule has 21 heavy (non-hydrogen) atoms. The summed E-state index contributed by atoms with van der Waals surface area (Å²) in [5.41, 5.74) is 1.57. The van der Waals surface area contributed by atoms with Crippen molar-refractivity contribution in [1.29, 1.82) is 0 Å². The molecule has 1 aromatic carbocycles. The van der Waals surface area contributed by atoms with Crippen LogP contribution < -0.4 is 10.2 Å². The average molecular weight is 292 g/mol. The van der Waals surface area contributed by atoms with E-state index in [1.807, 2.05) is 24.1 Å². The second kappa shape index (κ2) is 7.67. The first-order valence-electron chi connectivity index (χ1n) is 8.34. The molecule has 0 aromatic heterocycles. The topological polar surface area (TPSA) is 15.3 Å². The van der Waals surface area contributed by atoms with Gasteiger partial charge in [-0.05, 0) is 50.8 Å². The van der Waals surface area contributed by atoms with E-state index in [1.165, 1.54) is 38.5 Å². The minimum atomic E-state index is -0.142. The summed E-state index contributed by atoms with van der Waals surface area (Å²) in [5.74, 6) is 0.602. The van der Waals surface area contributed by atoms with E-state index in [0.717, 1.165) is 18.2 Å². The number of hydrogen-bond donors (Lipinski definition) is 1. The lowest BCUT2D eigenvalue weighted by Crippen LogP contribution is -2.26. The highest BCUT2D eigenvalue weighted by Gasteiger charge is 2.13. The maximum atomic E-state index is 14.2. The van der Waals surface area contributed by atoms with Crippen LogP contribution in [0.25, 0.3) is 0 Å². The van der Waals surface area contributed by atoms with Crippen LogP contribution in [0.15, 0.2) is 18.2 Å². The van der Waals surface area contributed by atoms with Crippen LogP contribution in [-0.2, 0) is 0 Å². The molecule has 0 spiro atoms. The summed E-state index contributed by atoms with van der Waals surface area (Å²) in [6.07, 6.45) is 8.06. The van der Waals surface area contributed by atoms with Crippen molar-refractivity contribution in [1.82, 2.24) is 0 Å². The zero-order valence-corrected chi connectivity index (χ0v) is 13.7. The van der Waals surface area contributed by atoms with Gasteiger partial charge >= 0.3 is 0 Å². The Kier molecular flexibility index (Phi) is 5.89. The molecule has 1 fully saturated rings. The molecule has 0 saturated heterocycles. The lowest BCUT2D eigenvalue weighted by molar-refractivity contribution is 0.483. The molecular weight excluding hydrogens is 263 g/mol. The summed E-state index contributed by atoms with van der Waals surface area (Å²) < 4.78 is 14.2. The van der Waals surface area contributed by atoms with E-state index in [-0.39, 0.29) is 5.82 Å². The SMILES string of the molecule is CC(C)N(C)c1ccc(NCC2CCCCCC2)cc1F. The monoisotopic (exact) mass is 292 g/mol. The van der Waals surface area contributed by atoms with Gasteiger partial charge in [0.2, 0.25) is 0 Å². The van der Waals surface area contributed by atoms with Gasteiger partial charge in [-0.15, -0.1) is 0 Å². The largest absolute Gasteiger partial charge is 0.385 e. The van der Waals surface area contributed by atoms with Crippen LogP contribution in [0, 0.1) is 11.7 Å². The third-order valence-corrected chi connectivity index (χ3v) is 4.67. The molecule has 0 heterocycles. The van der Waals surface area contributed by atoms with Crippen molar-refractivity contribution in [2.75, 3.05) is 23.8 Å². The standard InChI is InChI=1S/C18H29FN2/c1-14(2)21(3)18-11-10-16(12-17(18)19)20-13-15-8-6-4-5-7-9-15/h10-12,14-15,20H,4-9,13H2,1-3H3. The molecule has 0 atom stereocenters. The van der Waals surface area contributed by atoms with Crippen LogP contribution >= 0.6 is 0 Å². The summed E-state index contributed by atoms with van der Waals surface area (Å²) in [5, 5.41) is 3.42. The van der Waals surface area contributed by atoms with Gasteiger partial charge in [0, 0.05) is 25.3 Å².